The summed E-state index contributed by atoms with van der Waals surface area (Å²) in [4.78, 5) is 15.3. The van der Waals surface area contributed by atoms with E-state index in [-0.39, 0.29) is 5.91 Å². The van der Waals surface area contributed by atoms with Gasteiger partial charge in [0.1, 0.15) is 0 Å². The van der Waals surface area contributed by atoms with Gasteiger partial charge in [0.05, 0.1) is 0 Å². The molecule has 3 aromatic rings. The lowest BCUT2D eigenvalue weighted by atomic mass is 10.1. The summed E-state index contributed by atoms with van der Waals surface area (Å²) in [6.07, 6.45) is 3.11. The number of para-hydroxylation sites is 1. The van der Waals surface area contributed by atoms with Gasteiger partial charge in [-0.2, -0.15) is 0 Å². The Morgan fingerprint density at radius 1 is 1.23 bits per heavy atom. The van der Waals surface area contributed by atoms with E-state index in [1.165, 1.54) is 5.39 Å². The Bertz CT molecular complexity index is 823. The molecule has 0 atom stereocenters. The van der Waals surface area contributed by atoms with Crippen LogP contribution in [0.15, 0.2) is 48.7 Å². The summed E-state index contributed by atoms with van der Waals surface area (Å²) in [6.45, 7) is 1.94. The van der Waals surface area contributed by atoms with Crippen LogP contribution in [0.5, 0.6) is 0 Å². The molecule has 0 unspecified atom stereocenters. The SMILES string of the molecule is Cc1ccc(NC(=O)CCc2c[nH]c3ccccc23)cc1Cl. The number of halogens is 1. The van der Waals surface area contributed by atoms with Crippen LogP contribution in [0, 0.1) is 6.92 Å². The minimum atomic E-state index is -0.00907. The van der Waals surface area contributed by atoms with E-state index >= 15 is 0 Å². The van der Waals surface area contributed by atoms with Crippen molar-refractivity contribution < 1.29 is 4.79 Å². The number of anilines is 1. The topological polar surface area (TPSA) is 44.9 Å². The molecule has 1 heterocycles. The summed E-state index contributed by atoms with van der Waals surface area (Å²) in [5, 5.41) is 4.72. The molecule has 0 aliphatic heterocycles. The molecule has 0 fully saturated rings. The second kappa shape index (κ2) is 6.24. The molecule has 0 saturated heterocycles. The molecule has 0 aliphatic carbocycles. The number of rotatable bonds is 4. The number of aromatic amines is 1. The number of carbonyl (C=O) groups excluding carboxylic acids is 1. The predicted molar refractivity (Wildman–Crippen MR) is 91.4 cm³/mol. The van der Waals surface area contributed by atoms with E-state index in [1.54, 1.807) is 6.07 Å². The van der Waals surface area contributed by atoms with E-state index in [4.69, 9.17) is 11.6 Å². The molecule has 0 spiro atoms. The minimum Gasteiger partial charge on any atom is -0.361 e. The molecule has 0 aliphatic rings. The van der Waals surface area contributed by atoms with Crippen LogP contribution < -0.4 is 5.32 Å². The van der Waals surface area contributed by atoms with Crippen LogP contribution >= 0.6 is 11.6 Å². The van der Waals surface area contributed by atoms with Crippen LogP contribution in [-0.2, 0) is 11.2 Å². The Labute approximate surface area is 134 Å². The molecule has 0 bridgehead atoms. The fraction of sp³-hybridized carbons (Fsp3) is 0.167. The van der Waals surface area contributed by atoms with Gasteiger partial charge in [0.25, 0.3) is 0 Å². The number of aryl methyl sites for hydroxylation is 2. The second-order valence-electron chi connectivity index (χ2n) is 5.37. The van der Waals surface area contributed by atoms with Crippen molar-refractivity contribution in [1.82, 2.24) is 4.98 Å². The van der Waals surface area contributed by atoms with E-state index in [2.05, 4.69) is 16.4 Å². The summed E-state index contributed by atoms with van der Waals surface area (Å²) in [5.41, 5.74) is 3.99. The monoisotopic (exact) mass is 312 g/mol. The largest absolute Gasteiger partial charge is 0.361 e. The van der Waals surface area contributed by atoms with Gasteiger partial charge in [-0.15, -0.1) is 0 Å². The average Bonchev–Trinajstić information content (AvgIpc) is 2.92. The molecular formula is C18H17ClN2O. The standard InChI is InChI=1S/C18H17ClN2O/c1-12-6-8-14(10-16(12)19)21-18(22)9-7-13-11-20-17-5-3-2-4-15(13)17/h2-6,8,10-11,20H,7,9H2,1H3,(H,21,22). The molecule has 0 saturated carbocycles. The molecular weight excluding hydrogens is 296 g/mol. The maximum absolute atomic E-state index is 12.1. The highest BCUT2D eigenvalue weighted by Crippen LogP contribution is 2.21. The molecule has 4 heteroatoms. The Kier molecular flexibility index (Phi) is 4.16. The second-order valence-corrected chi connectivity index (χ2v) is 5.78. The van der Waals surface area contributed by atoms with Crippen LogP contribution in [-0.4, -0.2) is 10.9 Å². The molecule has 2 N–H and O–H groups in total. The number of H-pyrrole nitrogens is 1. The van der Waals surface area contributed by atoms with Gasteiger partial charge in [-0.05, 0) is 42.7 Å². The zero-order valence-corrected chi connectivity index (χ0v) is 13.1. The van der Waals surface area contributed by atoms with Crippen molar-refractivity contribution in [2.75, 3.05) is 5.32 Å². The van der Waals surface area contributed by atoms with Crippen molar-refractivity contribution in [1.29, 1.82) is 0 Å². The van der Waals surface area contributed by atoms with Crippen LogP contribution in [0.25, 0.3) is 10.9 Å². The van der Waals surface area contributed by atoms with Gasteiger partial charge in [-0.3, -0.25) is 4.79 Å². The van der Waals surface area contributed by atoms with Gasteiger partial charge in [0.2, 0.25) is 5.91 Å². The highest BCUT2D eigenvalue weighted by molar-refractivity contribution is 6.31. The van der Waals surface area contributed by atoms with Gasteiger partial charge >= 0.3 is 0 Å². The lowest BCUT2D eigenvalue weighted by Crippen LogP contribution is -2.12. The van der Waals surface area contributed by atoms with Gasteiger partial charge in [-0.25, -0.2) is 0 Å². The molecule has 3 nitrogen and oxygen atoms in total. The third-order valence-corrected chi connectivity index (χ3v) is 4.16. The molecule has 2 aromatic carbocycles. The zero-order chi connectivity index (χ0) is 15.5. The van der Waals surface area contributed by atoms with E-state index < -0.39 is 0 Å². The summed E-state index contributed by atoms with van der Waals surface area (Å²) >= 11 is 6.07. The number of carbonyl (C=O) groups is 1. The number of nitrogens with one attached hydrogen (secondary N) is 2. The first-order chi connectivity index (χ1) is 10.6. The number of hydrogen-bond acceptors (Lipinski definition) is 1. The van der Waals surface area contributed by atoms with Crippen molar-refractivity contribution in [2.45, 2.75) is 19.8 Å². The van der Waals surface area contributed by atoms with Crippen molar-refractivity contribution in [2.24, 2.45) is 0 Å². The minimum absolute atomic E-state index is 0.00907. The first kappa shape index (κ1) is 14.7. The summed E-state index contributed by atoms with van der Waals surface area (Å²) in [6, 6.07) is 13.7. The Hall–Kier alpha value is -2.26. The first-order valence-electron chi connectivity index (χ1n) is 7.24. The number of fused-ring (bicyclic) bond motifs is 1. The molecule has 0 radical (unpaired) electrons. The number of aromatic nitrogens is 1. The quantitative estimate of drug-likeness (QED) is 0.720. The summed E-state index contributed by atoms with van der Waals surface area (Å²) < 4.78 is 0. The number of amides is 1. The van der Waals surface area contributed by atoms with Crippen molar-refractivity contribution in [3.05, 3.63) is 64.8 Å². The molecule has 3 rings (SSSR count). The molecule has 112 valence electrons. The van der Waals surface area contributed by atoms with Gasteiger partial charge < -0.3 is 10.3 Å². The first-order valence-corrected chi connectivity index (χ1v) is 7.62. The number of hydrogen-bond donors (Lipinski definition) is 2. The highest BCUT2D eigenvalue weighted by Gasteiger charge is 2.07. The maximum atomic E-state index is 12.1. The Balaban J connectivity index is 1.63. The van der Waals surface area contributed by atoms with E-state index in [0.29, 0.717) is 17.9 Å². The lowest BCUT2D eigenvalue weighted by Gasteiger charge is -2.06. The van der Waals surface area contributed by atoms with Crippen LogP contribution in [0.4, 0.5) is 5.69 Å². The predicted octanol–water partition coefficient (Wildman–Crippen LogP) is 4.70. The van der Waals surface area contributed by atoms with Crippen LogP contribution in [0.3, 0.4) is 0 Å². The van der Waals surface area contributed by atoms with Crippen LogP contribution in [0.2, 0.25) is 5.02 Å². The van der Waals surface area contributed by atoms with E-state index in [9.17, 15) is 4.79 Å². The molecule has 1 aromatic heterocycles. The Morgan fingerprint density at radius 3 is 2.86 bits per heavy atom. The van der Waals surface area contributed by atoms with Gasteiger partial charge in [-0.1, -0.05) is 35.9 Å². The van der Waals surface area contributed by atoms with E-state index in [1.807, 2.05) is 43.5 Å². The number of benzene rings is 2. The summed E-state index contributed by atoms with van der Waals surface area (Å²) in [5.74, 6) is -0.00907. The molecule has 1 amide bonds. The highest BCUT2D eigenvalue weighted by atomic mass is 35.5. The smallest absolute Gasteiger partial charge is 0.224 e. The van der Waals surface area contributed by atoms with Crippen molar-refractivity contribution in [3.8, 4) is 0 Å². The van der Waals surface area contributed by atoms with E-state index in [0.717, 1.165) is 22.3 Å². The Morgan fingerprint density at radius 2 is 2.05 bits per heavy atom. The van der Waals surface area contributed by atoms with Gasteiger partial charge in [0, 0.05) is 34.2 Å². The summed E-state index contributed by atoms with van der Waals surface area (Å²) in [7, 11) is 0. The third kappa shape index (κ3) is 3.15. The normalized spacial score (nSPS) is 10.8. The fourth-order valence-corrected chi connectivity index (χ4v) is 2.66. The molecule has 22 heavy (non-hydrogen) atoms. The zero-order valence-electron chi connectivity index (χ0n) is 12.3. The average molecular weight is 313 g/mol. The van der Waals surface area contributed by atoms with Gasteiger partial charge in [0.15, 0.2) is 0 Å². The van der Waals surface area contributed by atoms with Crippen molar-refractivity contribution in [3.63, 3.8) is 0 Å². The lowest BCUT2D eigenvalue weighted by molar-refractivity contribution is -0.116. The van der Waals surface area contributed by atoms with Crippen LogP contribution in [0.1, 0.15) is 17.5 Å². The third-order valence-electron chi connectivity index (χ3n) is 3.75. The maximum Gasteiger partial charge on any atom is 0.224 e. The fourth-order valence-electron chi connectivity index (χ4n) is 2.48. The van der Waals surface area contributed by atoms with Crippen molar-refractivity contribution >= 4 is 34.1 Å².